The summed E-state index contributed by atoms with van der Waals surface area (Å²) in [4.78, 5) is 40.8. The Balaban J connectivity index is 1.43. The van der Waals surface area contributed by atoms with Crippen LogP contribution in [0.2, 0.25) is 0 Å². The van der Waals surface area contributed by atoms with Crippen molar-refractivity contribution in [2.24, 2.45) is 0 Å². The van der Waals surface area contributed by atoms with Crippen molar-refractivity contribution in [3.05, 3.63) is 70.9 Å². The lowest BCUT2D eigenvalue weighted by Gasteiger charge is -2.36. The Morgan fingerprint density at radius 3 is 2.46 bits per heavy atom. The van der Waals surface area contributed by atoms with Crippen molar-refractivity contribution in [2.75, 3.05) is 23.1 Å². The summed E-state index contributed by atoms with van der Waals surface area (Å²) < 4.78 is 64.2. The highest BCUT2D eigenvalue weighted by atomic mass is 32.2. The Morgan fingerprint density at radius 1 is 1.09 bits per heavy atom. The van der Waals surface area contributed by atoms with Crippen LogP contribution < -0.4 is 15.6 Å². The van der Waals surface area contributed by atoms with Crippen LogP contribution in [-0.4, -0.2) is 69.8 Å². The van der Waals surface area contributed by atoms with E-state index in [-0.39, 0.29) is 58.5 Å². The van der Waals surface area contributed by atoms with Crippen molar-refractivity contribution in [3.8, 4) is 11.3 Å². The summed E-state index contributed by atoms with van der Waals surface area (Å²) in [7, 11) is -4.04. The molecule has 1 fully saturated rings. The summed E-state index contributed by atoms with van der Waals surface area (Å²) in [6.07, 6.45) is -0.410. The maximum Gasteiger partial charge on any atom is 0.410 e. The zero-order chi connectivity index (χ0) is 33.4. The van der Waals surface area contributed by atoms with Crippen molar-refractivity contribution in [2.45, 2.75) is 69.8 Å². The Hall–Kier alpha value is -4.66. The van der Waals surface area contributed by atoms with Crippen LogP contribution >= 0.6 is 0 Å². The number of sulfonamides is 1. The lowest BCUT2D eigenvalue weighted by molar-refractivity contribution is 0.0124. The number of aromatic nitrogens is 4. The van der Waals surface area contributed by atoms with Gasteiger partial charge in [0.2, 0.25) is 5.95 Å². The number of alkyl halides is 1. The number of halogens is 2. The molecule has 2 aromatic carbocycles. The highest BCUT2D eigenvalue weighted by molar-refractivity contribution is 7.92. The van der Waals surface area contributed by atoms with Crippen molar-refractivity contribution >= 4 is 38.9 Å². The van der Waals surface area contributed by atoms with E-state index < -0.39 is 51.3 Å². The van der Waals surface area contributed by atoms with E-state index in [1.54, 1.807) is 52.8 Å². The molecule has 1 saturated heterocycles. The lowest BCUT2D eigenvalue weighted by atomic mass is 10.0. The van der Waals surface area contributed by atoms with E-state index in [9.17, 15) is 22.4 Å². The predicted molar refractivity (Wildman–Crippen MR) is 169 cm³/mol. The monoisotopic (exact) mass is 655 g/mol. The second kappa shape index (κ2) is 12.6. The molecule has 15 heteroatoms. The largest absolute Gasteiger partial charge is 0.444 e. The van der Waals surface area contributed by atoms with E-state index in [0.29, 0.717) is 0 Å². The fourth-order valence-corrected chi connectivity index (χ4v) is 6.17. The van der Waals surface area contributed by atoms with Crippen LogP contribution in [0.4, 0.5) is 25.2 Å². The number of likely N-dealkylation sites (tertiary alicyclic amines) is 1. The molecule has 12 nitrogen and oxygen atoms in total. The topological polar surface area (TPSA) is 148 Å². The number of hydrogen-bond acceptors (Lipinski definition) is 9. The smallest absolute Gasteiger partial charge is 0.410 e. The number of fused-ring (bicyclic) bond motifs is 1. The van der Waals surface area contributed by atoms with E-state index in [0.717, 1.165) is 6.07 Å². The number of piperidine rings is 1. The molecule has 2 N–H and O–H groups in total. The molecule has 0 bridgehead atoms. The quantitative estimate of drug-likeness (QED) is 0.276. The fraction of sp³-hybridized carbons (Fsp3) is 0.387. The number of carbonyl (C=O) groups is 1. The number of anilines is 2. The molecule has 1 aliphatic heterocycles. The minimum Gasteiger partial charge on any atom is -0.444 e. The number of nitrogens with zero attached hydrogens (tertiary/aromatic N) is 5. The van der Waals surface area contributed by atoms with E-state index in [1.165, 1.54) is 39.9 Å². The molecule has 3 heterocycles. The van der Waals surface area contributed by atoms with Crippen LogP contribution in [0.3, 0.4) is 0 Å². The Morgan fingerprint density at radius 2 is 1.80 bits per heavy atom. The summed E-state index contributed by atoms with van der Waals surface area (Å²) in [5.41, 5.74) is -1.09. The Labute approximate surface area is 264 Å². The Kier molecular flexibility index (Phi) is 8.98. The highest BCUT2D eigenvalue weighted by Gasteiger charge is 2.33. The minimum atomic E-state index is -4.04. The molecule has 0 aliphatic carbocycles. The fourth-order valence-electron chi connectivity index (χ4n) is 5.09. The van der Waals surface area contributed by atoms with Crippen LogP contribution in [0, 0.1) is 5.82 Å². The molecule has 0 unspecified atom stereocenters. The van der Waals surface area contributed by atoms with E-state index in [2.05, 4.69) is 25.0 Å². The van der Waals surface area contributed by atoms with Crippen molar-refractivity contribution in [1.82, 2.24) is 24.4 Å². The van der Waals surface area contributed by atoms with Gasteiger partial charge in [-0.05, 0) is 58.9 Å². The summed E-state index contributed by atoms with van der Waals surface area (Å²) in [5.74, 6) is -0.788. The van der Waals surface area contributed by atoms with Gasteiger partial charge in [-0.3, -0.25) is 14.1 Å². The number of rotatable bonds is 7. The van der Waals surface area contributed by atoms with E-state index in [4.69, 9.17) is 4.74 Å². The molecule has 1 aliphatic rings. The molecule has 2 atom stereocenters. The molecule has 5 rings (SSSR count). The Bertz CT molecular complexity index is 1930. The third-order valence-electron chi connectivity index (χ3n) is 7.07. The van der Waals surface area contributed by atoms with Gasteiger partial charge in [0.15, 0.2) is 5.65 Å². The number of amides is 1. The molecule has 1 amide bonds. The molecular formula is C31H35F2N7O5S. The normalized spacial score (nSPS) is 17.3. The molecule has 46 heavy (non-hydrogen) atoms. The number of carbonyl (C=O) groups excluding carboxylic acids is 1. The third-order valence-corrected chi connectivity index (χ3v) is 8.45. The molecule has 2 aromatic heterocycles. The standard InChI is InChI=1S/C31H35F2N7O5S/c1-18(2)40-27-25(15-34-29(37-27)35-21-14-20(32)16-39(17-21)30(42)45-31(3,4)5)36-26(28(40)41)19-11-12-24(23(33)13-19)38-46(43,44)22-9-7-6-8-10-22/h6-13,15,18,20-21,38H,14,16-17H2,1-5H3,(H,34,35,37)/t20-,21-/m0/s1. The molecule has 0 radical (unpaired) electrons. The van der Waals surface area contributed by atoms with Gasteiger partial charge in [0.05, 0.1) is 23.3 Å². The maximum absolute atomic E-state index is 15.2. The molecule has 4 aromatic rings. The first-order valence-electron chi connectivity index (χ1n) is 14.7. The number of ether oxygens (including phenoxy) is 1. The number of benzene rings is 2. The van der Waals surface area contributed by atoms with Crippen LogP contribution in [0.5, 0.6) is 0 Å². The van der Waals surface area contributed by atoms with E-state index >= 15 is 4.39 Å². The van der Waals surface area contributed by atoms with Crippen molar-refractivity contribution in [1.29, 1.82) is 0 Å². The number of hydrogen-bond donors (Lipinski definition) is 2. The SMILES string of the molecule is CC(C)n1c(=O)c(-c2ccc(NS(=O)(=O)c3ccccc3)c(F)c2)nc2cnc(N[C@H]3C[C@H](F)CN(C(=O)OC(C)(C)C)C3)nc21. The van der Waals surface area contributed by atoms with Gasteiger partial charge in [-0.25, -0.2) is 32.0 Å². The highest BCUT2D eigenvalue weighted by Crippen LogP contribution is 2.26. The van der Waals surface area contributed by atoms with Gasteiger partial charge in [0.1, 0.15) is 28.8 Å². The van der Waals surface area contributed by atoms with Crippen molar-refractivity contribution in [3.63, 3.8) is 0 Å². The minimum absolute atomic E-state index is 0.0308. The summed E-state index contributed by atoms with van der Waals surface area (Å²) >= 11 is 0. The van der Waals surface area contributed by atoms with Crippen LogP contribution in [0.25, 0.3) is 22.4 Å². The van der Waals surface area contributed by atoms with Crippen LogP contribution in [0.1, 0.15) is 47.1 Å². The maximum atomic E-state index is 15.2. The van der Waals surface area contributed by atoms with Gasteiger partial charge in [-0.2, -0.15) is 4.98 Å². The second-order valence-corrected chi connectivity index (χ2v) is 14.0. The first-order chi connectivity index (χ1) is 21.6. The zero-order valence-electron chi connectivity index (χ0n) is 26.0. The van der Waals surface area contributed by atoms with Gasteiger partial charge in [0, 0.05) is 30.6 Å². The molecule has 0 spiro atoms. The van der Waals surface area contributed by atoms with Gasteiger partial charge in [-0.15, -0.1) is 0 Å². The predicted octanol–water partition coefficient (Wildman–Crippen LogP) is 5.13. The van der Waals surface area contributed by atoms with Gasteiger partial charge in [0.25, 0.3) is 15.6 Å². The number of nitrogens with one attached hydrogen (secondary N) is 2. The third kappa shape index (κ3) is 7.25. The second-order valence-electron chi connectivity index (χ2n) is 12.3. The van der Waals surface area contributed by atoms with Crippen LogP contribution in [0.15, 0.2) is 64.4 Å². The molecule has 0 saturated carbocycles. The molecular weight excluding hydrogens is 620 g/mol. The van der Waals surface area contributed by atoms with Gasteiger partial charge >= 0.3 is 6.09 Å². The first kappa shape index (κ1) is 32.7. The molecule has 244 valence electrons. The van der Waals surface area contributed by atoms with Gasteiger partial charge in [-0.1, -0.05) is 24.3 Å². The zero-order valence-corrected chi connectivity index (χ0v) is 26.8. The van der Waals surface area contributed by atoms with Gasteiger partial charge < -0.3 is 15.0 Å². The first-order valence-corrected chi connectivity index (χ1v) is 16.1. The van der Waals surface area contributed by atoms with Crippen LogP contribution in [-0.2, 0) is 14.8 Å². The van der Waals surface area contributed by atoms with E-state index in [1.807, 2.05) is 0 Å². The van der Waals surface area contributed by atoms with Crippen molar-refractivity contribution < 1.29 is 26.7 Å². The average Bonchev–Trinajstić information content (AvgIpc) is 2.97. The average molecular weight is 656 g/mol. The summed E-state index contributed by atoms with van der Waals surface area (Å²) in [6, 6.07) is 10.3. The lowest BCUT2D eigenvalue weighted by Crippen LogP contribution is -2.51. The summed E-state index contributed by atoms with van der Waals surface area (Å²) in [5, 5.41) is 3.07. The summed E-state index contributed by atoms with van der Waals surface area (Å²) in [6.45, 7) is 8.81.